The second kappa shape index (κ2) is 6.64. The Bertz CT molecular complexity index is 1060. The number of aromatic hydroxyl groups is 1. The molecule has 1 aliphatic heterocycles. The van der Waals surface area contributed by atoms with Gasteiger partial charge in [0.2, 0.25) is 0 Å². The van der Waals surface area contributed by atoms with Crippen LogP contribution in [-0.4, -0.2) is 27.0 Å². The number of hydrogen-bond donors (Lipinski definition) is 2. The van der Waals surface area contributed by atoms with Gasteiger partial charge in [-0.05, 0) is 42.2 Å². The summed E-state index contributed by atoms with van der Waals surface area (Å²) < 4.78 is 7.28. The first-order valence-electron chi connectivity index (χ1n) is 9.45. The number of aryl methyl sites for hydroxylation is 1. The Morgan fingerprint density at radius 1 is 1.21 bits per heavy atom. The highest BCUT2D eigenvalue weighted by atomic mass is 16.5. The molecule has 142 valence electrons. The van der Waals surface area contributed by atoms with Gasteiger partial charge in [-0.1, -0.05) is 24.3 Å². The monoisotopic (exact) mass is 374 g/mol. The van der Waals surface area contributed by atoms with Crippen LogP contribution in [0.4, 0.5) is 5.69 Å². The number of rotatable bonds is 4. The third-order valence-electron chi connectivity index (χ3n) is 5.53. The molecule has 5 rings (SSSR count). The van der Waals surface area contributed by atoms with Crippen molar-refractivity contribution < 1.29 is 9.84 Å². The lowest BCUT2D eigenvalue weighted by Crippen LogP contribution is -2.28. The number of ether oxygens (including phenoxy) is 1. The van der Waals surface area contributed by atoms with Gasteiger partial charge in [0.15, 0.2) is 11.5 Å². The highest BCUT2D eigenvalue weighted by Crippen LogP contribution is 2.36. The van der Waals surface area contributed by atoms with Crippen LogP contribution in [0, 0.1) is 0 Å². The average molecular weight is 374 g/mol. The summed E-state index contributed by atoms with van der Waals surface area (Å²) in [4.78, 5) is 0. The number of anilines is 1. The molecule has 0 bridgehead atoms. The Kier molecular flexibility index (Phi) is 3.97. The van der Waals surface area contributed by atoms with Gasteiger partial charge in [-0.15, -0.1) is 0 Å². The largest absolute Gasteiger partial charge is 0.504 e. The molecule has 2 aliphatic rings. The van der Waals surface area contributed by atoms with Gasteiger partial charge in [0.05, 0.1) is 37.3 Å². The zero-order valence-corrected chi connectivity index (χ0v) is 15.7. The van der Waals surface area contributed by atoms with Crippen molar-refractivity contribution in [1.29, 1.82) is 0 Å². The summed E-state index contributed by atoms with van der Waals surface area (Å²) >= 11 is 0. The maximum Gasteiger partial charge on any atom is 0.160 e. The van der Waals surface area contributed by atoms with Gasteiger partial charge >= 0.3 is 0 Å². The number of phenolic OH excluding ortho intramolecular Hbond substituents is 1. The number of nitrogens with zero attached hydrogens (tertiary/aromatic N) is 3. The number of nitrogens with one attached hydrogen (secondary N) is 1. The van der Waals surface area contributed by atoms with Crippen molar-refractivity contribution in [2.45, 2.75) is 25.4 Å². The summed E-state index contributed by atoms with van der Waals surface area (Å²) in [5, 5.41) is 16.7. The second-order valence-electron chi connectivity index (χ2n) is 7.19. The SMILES string of the molecule is COc1ccc(NN2C=Cc3cnn(C4CCc5ccccc54)c3C2)cc1O. The fraction of sp³-hybridized carbons (Fsp3) is 0.227. The van der Waals surface area contributed by atoms with E-state index in [0.29, 0.717) is 18.3 Å². The van der Waals surface area contributed by atoms with Crippen LogP contribution >= 0.6 is 0 Å². The third kappa shape index (κ3) is 2.78. The zero-order valence-electron chi connectivity index (χ0n) is 15.7. The minimum atomic E-state index is 0.113. The molecule has 1 aromatic heterocycles. The lowest BCUT2D eigenvalue weighted by atomic mass is 10.1. The molecule has 1 unspecified atom stereocenters. The smallest absolute Gasteiger partial charge is 0.160 e. The molecule has 28 heavy (non-hydrogen) atoms. The van der Waals surface area contributed by atoms with Crippen molar-refractivity contribution in [3.63, 3.8) is 0 Å². The first kappa shape index (κ1) is 16.7. The number of phenols is 1. The Labute approximate surface area is 163 Å². The average Bonchev–Trinajstić information content (AvgIpc) is 3.31. The van der Waals surface area contributed by atoms with Crippen LogP contribution < -0.4 is 10.2 Å². The highest BCUT2D eigenvalue weighted by Gasteiger charge is 2.28. The molecular weight excluding hydrogens is 352 g/mol. The molecule has 3 aromatic rings. The van der Waals surface area contributed by atoms with Crippen LogP contribution in [0.2, 0.25) is 0 Å². The second-order valence-corrected chi connectivity index (χ2v) is 7.19. The van der Waals surface area contributed by atoms with Crippen LogP contribution in [0.1, 0.15) is 34.8 Å². The maximum absolute atomic E-state index is 10.0. The van der Waals surface area contributed by atoms with E-state index in [-0.39, 0.29) is 5.75 Å². The topological polar surface area (TPSA) is 62.5 Å². The first-order valence-corrected chi connectivity index (χ1v) is 9.45. The van der Waals surface area contributed by atoms with E-state index in [1.165, 1.54) is 16.8 Å². The van der Waals surface area contributed by atoms with Gasteiger partial charge in [-0.25, -0.2) is 0 Å². The molecule has 0 radical (unpaired) electrons. The van der Waals surface area contributed by atoms with Gasteiger partial charge < -0.3 is 9.84 Å². The molecular formula is C22H22N4O2. The summed E-state index contributed by atoms with van der Waals surface area (Å²) in [5.41, 5.74) is 9.27. The maximum atomic E-state index is 10.0. The van der Waals surface area contributed by atoms with Crippen LogP contribution in [-0.2, 0) is 13.0 Å². The zero-order chi connectivity index (χ0) is 19.1. The van der Waals surface area contributed by atoms with Crippen LogP contribution in [0.15, 0.2) is 54.9 Å². The Balaban J connectivity index is 1.39. The van der Waals surface area contributed by atoms with Crippen molar-refractivity contribution in [3.05, 3.63) is 77.2 Å². The molecule has 6 heteroatoms. The number of fused-ring (bicyclic) bond motifs is 2. The normalized spacial score (nSPS) is 17.3. The van der Waals surface area contributed by atoms with E-state index in [1.807, 2.05) is 23.5 Å². The molecule has 2 N–H and O–H groups in total. The van der Waals surface area contributed by atoms with E-state index in [0.717, 1.165) is 24.1 Å². The summed E-state index contributed by atoms with van der Waals surface area (Å²) in [6.07, 6.45) is 8.19. The molecule has 0 fully saturated rings. The first-order chi connectivity index (χ1) is 13.7. The minimum absolute atomic E-state index is 0.113. The number of aromatic nitrogens is 2. The van der Waals surface area contributed by atoms with Crippen molar-refractivity contribution >= 4 is 11.8 Å². The molecule has 2 heterocycles. The van der Waals surface area contributed by atoms with Gasteiger partial charge in [0.1, 0.15) is 0 Å². The predicted molar refractivity (Wildman–Crippen MR) is 108 cm³/mol. The molecule has 0 amide bonds. The quantitative estimate of drug-likeness (QED) is 0.724. The lowest BCUT2D eigenvalue weighted by Gasteiger charge is -2.27. The summed E-state index contributed by atoms with van der Waals surface area (Å²) in [7, 11) is 1.54. The molecule has 0 saturated heterocycles. The summed E-state index contributed by atoms with van der Waals surface area (Å²) in [6.45, 7) is 0.692. The molecule has 1 aliphatic carbocycles. The third-order valence-corrected chi connectivity index (χ3v) is 5.53. The van der Waals surface area contributed by atoms with Gasteiger partial charge in [-0.3, -0.25) is 15.1 Å². The van der Waals surface area contributed by atoms with Crippen molar-refractivity contribution in [3.8, 4) is 11.5 Å². The van der Waals surface area contributed by atoms with Crippen molar-refractivity contribution in [2.75, 3.05) is 12.5 Å². The molecule has 0 saturated carbocycles. The van der Waals surface area contributed by atoms with Crippen LogP contribution in [0.5, 0.6) is 11.5 Å². The standard InChI is InChI=1S/C22H22N4O2/c1-28-22-9-7-17(12-21(22)27)24-25-11-10-16-13-23-26(20(16)14-25)19-8-6-15-4-2-3-5-18(15)19/h2-5,7,9-13,19,24,27H,6,8,14H2,1H3. The fourth-order valence-electron chi connectivity index (χ4n) is 4.15. The Morgan fingerprint density at radius 2 is 2.11 bits per heavy atom. The minimum Gasteiger partial charge on any atom is -0.504 e. The van der Waals surface area contributed by atoms with E-state index < -0.39 is 0 Å². The van der Waals surface area contributed by atoms with Crippen molar-refractivity contribution in [2.24, 2.45) is 0 Å². The number of methoxy groups -OCH3 is 1. The summed E-state index contributed by atoms with van der Waals surface area (Å²) in [6, 6.07) is 14.2. The number of benzene rings is 2. The van der Waals surface area contributed by atoms with Crippen molar-refractivity contribution in [1.82, 2.24) is 14.8 Å². The van der Waals surface area contributed by atoms with Gasteiger partial charge in [0.25, 0.3) is 0 Å². The highest BCUT2D eigenvalue weighted by molar-refractivity contribution is 5.57. The van der Waals surface area contributed by atoms with Crippen LogP contribution in [0.25, 0.3) is 6.08 Å². The lowest BCUT2D eigenvalue weighted by molar-refractivity contribution is 0.372. The molecule has 1 atom stereocenters. The van der Waals surface area contributed by atoms with E-state index in [2.05, 4.69) is 40.4 Å². The van der Waals surface area contributed by atoms with E-state index in [9.17, 15) is 5.11 Å². The Morgan fingerprint density at radius 3 is 2.96 bits per heavy atom. The summed E-state index contributed by atoms with van der Waals surface area (Å²) in [5.74, 6) is 0.571. The number of hydrazine groups is 1. The van der Waals surface area contributed by atoms with Gasteiger partial charge in [-0.2, -0.15) is 5.10 Å². The fourth-order valence-corrected chi connectivity index (χ4v) is 4.15. The van der Waals surface area contributed by atoms with Gasteiger partial charge in [0, 0.05) is 17.8 Å². The van der Waals surface area contributed by atoms with E-state index >= 15 is 0 Å². The molecule has 2 aromatic carbocycles. The molecule has 0 spiro atoms. The Hall–Kier alpha value is -3.41. The molecule has 6 nitrogen and oxygen atoms in total. The number of hydrogen-bond acceptors (Lipinski definition) is 5. The van der Waals surface area contributed by atoms with Crippen LogP contribution in [0.3, 0.4) is 0 Å². The predicted octanol–water partition coefficient (Wildman–Crippen LogP) is 3.95. The van der Waals surface area contributed by atoms with E-state index in [1.54, 1.807) is 19.2 Å². The van der Waals surface area contributed by atoms with E-state index in [4.69, 9.17) is 9.84 Å².